The SMILES string of the molecule is CC(=O)N1CC(CCC(=O)O)CC(NC2CCCC2)C1. The highest BCUT2D eigenvalue weighted by Crippen LogP contribution is 2.24. The number of nitrogens with zero attached hydrogens (tertiary/aromatic N) is 1. The molecule has 20 heavy (non-hydrogen) atoms. The monoisotopic (exact) mass is 282 g/mol. The van der Waals surface area contributed by atoms with Crippen molar-refractivity contribution in [3.8, 4) is 0 Å². The van der Waals surface area contributed by atoms with Gasteiger partial charge in [-0.2, -0.15) is 0 Å². The van der Waals surface area contributed by atoms with Crippen molar-refractivity contribution in [2.75, 3.05) is 13.1 Å². The minimum Gasteiger partial charge on any atom is -0.481 e. The fraction of sp³-hybridized carbons (Fsp3) is 0.867. The first-order valence-corrected chi connectivity index (χ1v) is 7.78. The van der Waals surface area contributed by atoms with Crippen LogP contribution >= 0.6 is 0 Å². The van der Waals surface area contributed by atoms with Crippen LogP contribution < -0.4 is 5.32 Å². The molecule has 2 fully saturated rings. The van der Waals surface area contributed by atoms with Crippen molar-refractivity contribution < 1.29 is 14.7 Å². The van der Waals surface area contributed by atoms with E-state index in [0.717, 1.165) is 13.0 Å². The zero-order chi connectivity index (χ0) is 14.5. The number of rotatable bonds is 5. The molecule has 2 aliphatic rings. The Morgan fingerprint density at radius 3 is 2.50 bits per heavy atom. The summed E-state index contributed by atoms with van der Waals surface area (Å²) < 4.78 is 0. The summed E-state index contributed by atoms with van der Waals surface area (Å²) in [6.07, 6.45) is 6.92. The Hall–Kier alpha value is -1.10. The van der Waals surface area contributed by atoms with Crippen molar-refractivity contribution in [1.82, 2.24) is 10.2 Å². The van der Waals surface area contributed by atoms with Crippen LogP contribution in [0, 0.1) is 5.92 Å². The average molecular weight is 282 g/mol. The number of hydrogen-bond acceptors (Lipinski definition) is 3. The van der Waals surface area contributed by atoms with E-state index in [9.17, 15) is 9.59 Å². The van der Waals surface area contributed by atoms with E-state index in [1.807, 2.05) is 4.90 Å². The normalized spacial score (nSPS) is 27.8. The first-order chi connectivity index (χ1) is 9.54. The Balaban J connectivity index is 1.89. The number of carbonyl (C=O) groups excluding carboxylic acids is 1. The zero-order valence-corrected chi connectivity index (χ0v) is 12.3. The maximum absolute atomic E-state index is 11.6. The smallest absolute Gasteiger partial charge is 0.303 e. The largest absolute Gasteiger partial charge is 0.481 e. The van der Waals surface area contributed by atoms with E-state index in [4.69, 9.17) is 5.11 Å². The third-order valence-corrected chi connectivity index (χ3v) is 4.58. The first-order valence-electron chi connectivity index (χ1n) is 7.78. The van der Waals surface area contributed by atoms with E-state index in [1.54, 1.807) is 6.92 Å². The lowest BCUT2D eigenvalue weighted by Gasteiger charge is -2.39. The van der Waals surface area contributed by atoms with Crippen LogP contribution in [0.3, 0.4) is 0 Å². The maximum Gasteiger partial charge on any atom is 0.303 e. The maximum atomic E-state index is 11.6. The molecule has 0 aromatic heterocycles. The number of nitrogens with one attached hydrogen (secondary N) is 1. The van der Waals surface area contributed by atoms with Crippen molar-refractivity contribution in [1.29, 1.82) is 0 Å². The van der Waals surface area contributed by atoms with Crippen LogP contribution in [-0.2, 0) is 9.59 Å². The molecule has 0 aromatic rings. The number of amides is 1. The standard InChI is InChI=1S/C15H26N2O3/c1-11(18)17-9-12(6-7-15(19)20)8-14(10-17)16-13-4-2-3-5-13/h12-14,16H,2-10H2,1H3,(H,19,20). The van der Waals surface area contributed by atoms with E-state index in [2.05, 4.69) is 5.32 Å². The second-order valence-electron chi connectivity index (χ2n) is 6.30. The summed E-state index contributed by atoms with van der Waals surface area (Å²) in [4.78, 5) is 24.2. The summed E-state index contributed by atoms with van der Waals surface area (Å²) in [5.41, 5.74) is 0. The summed E-state index contributed by atoms with van der Waals surface area (Å²) >= 11 is 0. The van der Waals surface area contributed by atoms with Crippen LogP contribution in [0.1, 0.15) is 51.9 Å². The third kappa shape index (κ3) is 4.47. The molecule has 2 atom stereocenters. The molecule has 0 spiro atoms. The van der Waals surface area contributed by atoms with Crippen molar-refractivity contribution in [2.24, 2.45) is 5.92 Å². The Morgan fingerprint density at radius 1 is 1.20 bits per heavy atom. The lowest BCUT2D eigenvalue weighted by Crippen LogP contribution is -2.52. The van der Waals surface area contributed by atoms with Crippen molar-refractivity contribution >= 4 is 11.9 Å². The number of piperidine rings is 1. The van der Waals surface area contributed by atoms with E-state index in [-0.39, 0.29) is 12.3 Å². The van der Waals surface area contributed by atoms with Gasteiger partial charge in [0, 0.05) is 38.5 Å². The molecule has 2 rings (SSSR count). The van der Waals surface area contributed by atoms with Crippen LogP contribution in [0.15, 0.2) is 0 Å². The number of carboxylic acid groups (broad SMARTS) is 1. The zero-order valence-electron chi connectivity index (χ0n) is 12.3. The van der Waals surface area contributed by atoms with E-state index < -0.39 is 5.97 Å². The van der Waals surface area contributed by atoms with Gasteiger partial charge in [0.25, 0.3) is 0 Å². The van der Waals surface area contributed by atoms with Crippen LogP contribution in [0.5, 0.6) is 0 Å². The predicted molar refractivity (Wildman–Crippen MR) is 76.4 cm³/mol. The van der Waals surface area contributed by atoms with Gasteiger partial charge in [0.05, 0.1) is 0 Å². The molecule has 1 amide bonds. The second-order valence-corrected chi connectivity index (χ2v) is 6.30. The molecule has 0 bridgehead atoms. The molecular weight excluding hydrogens is 256 g/mol. The van der Waals surface area contributed by atoms with Gasteiger partial charge in [-0.25, -0.2) is 0 Å². The second kappa shape index (κ2) is 7.07. The highest BCUT2D eigenvalue weighted by Gasteiger charge is 2.30. The third-order valence-electron chi connectivity index (χ3n) is 4.58. The lowest BCUT2D eigenvalue weighted by atomic mass is 9.89. The summed E-state index contributed by atoms with van der Waals surface area (Å²) in [6.45, 7) is 3.09. The topological polar surface area (TPSA) is 69.6 Å². The molecule has 1 saturated heterocycles. The summed E-state index contributed by atoms with van der Waals surface area (Å²) in [5, 5.41) is 12.5. The van der Waals surface area contributed by atoms with E-state index in [0.29, 0.717) is 31.0 Å². The van der Waals surface area contributed by atoms with Gasteiger partial charge in [-0.15, -0.1) is 0 Å². The van der Waals surface area contributed by atoms with E-state index in [1.165, 1.54) is 25.7 Å². The quantitative estimate of drug-likeness (QED) is 0.804. The Bertz CT molecular complexity index is 353. The van der Waals surface area contributed by atoms with Gasteiger partial charge in [-0.05, 0) is 31.6 Å². The minimum atomic E-state index is -0.745. The molecule has 1 saturated carbocycles. The van der Waals surface area contributed by atoms with Crippen LogP contribution in [-0.4, -0.2) is 47.1 Å². The fourth-order valence-electron chi connectivity index (χ4n) is 3.54. The number of carbonyl (C=O) groups is 2. The van der Waals surface area contributed by atoms with Gasteiger partial charge in [0.15, 0.2) is 0 Å². The van der Waals surface area contributed by atoms with Gasteiger partial charge < -0.3 is 15.3 Å². The number of hydrogen-bond donors (Lipinski definition) is 2. The van der Waals surface area contributed by atoms with Crippen LogP contribution in [0.25, 0.3) is 0 Å². The summed E-state index contributed by atoms with van der Waals surface area (Å²) in [5.74, 6) is -0.337. The number of carboxylic acids is 1. The van der Waals surface area contributed by atoms with Gasteiger partial charge in [0.1, 0.15) is 0 Å². The van der Waals surface area contributed by atoms with Gasteiger partial charge in [-0.3, -0.25) is 9.59 Å². The van der Waals surface area contributed by atoms with Crippen molar-refractivity contribution in [3.63, 3.8) is 0 Å². The lowest BCUT2D eigenvalue weighted by molar-refractivity contribution is -0.137. The highest BCUT2D eigenvalue weighted by molar-refractivity contribution is 5.73. The van der Waals surface area contributed by atoms with Crippen molar-refractivity contribution in [2.45, 2.75) is 64.0 Å². The molecule has 2 N–H and O–H groups in total. The minimum absolute atomic E-state index is 0.100. The molecule has 0 aromatic carbocycles. The predicted octanol–water partition coefficient (Wildman–Crippen LogP) is 1.62. The molecule has 1 aliphatic carbocycles. The number of aliphatic carboxylic acids is 1. The first kappa shape index (κ1) is 15.3. The average Bonchev–Trinajstić information content (AvgIpc) is 2.89. The molecule has 114 valence electrons. The Kier molecular flexibility index (Phi) is 5.40. The number of likely N-dealkylation sites (tertiary alicyclic amines) is 1. The molecule has 5 heteroatoms. The summed E-state index contributed by atoms with van der Waals surface area (Å²) in [7, 11) is 0. The molecule has 1 aliphatic heterocycles. The van der Waals surface area contributed by atoms with E-state index >= 15 is 0 Å². The van der Waals surface area contributed by atoms with Crippen LogP contribution in [0.4, 0.5) is 0 Å². The van der Waals surface area contributed by atoms with Gasteiger partial charge in [0.2, 0.25) is 5.91 Å². The molecular formula is C15H26N2O3. The molecule has 1 heterocycles. The Labute approximate surface area is 120 Å². The highest BCUT2D eigenvalue weighted by atomic mass is 16.4. The Morgan fingerprint density at radius 2 is 1.90 bits per heavy atom. The van der Waals surface area contributed by atoms with Crippen molar-refractivity contribution in [3.05, 3.63) is 0 Å². The van der Waals surface area contributed by atoms with Gasteiger partial charge >= 0.3 is 5.97 Å². The van der Waals surface area contributed by atoms with Gasteiger partial charge in [-0.1, -0.05) is 12.8 Å². The summed E-state index contributed by atoms with van der Waals surface area (Å²) in [6, 6.07) is 0.918. The van der Waals surface area contributed by atoms with Crippen LogP contribution in [0.2, 0.25) is 0 Å². The molecule has 2 unspecified atom stereocenters. The molecule has 5 nitrogen and oxygen atoms in total. The fourth-order valence-corrected chi connectivity index (χ4v) is 3.54. The molecule has 0 radical (unpaired) electrons.